The summed E-state index contributed by atoms with van der Waals surface area (Å²) in [5.74, 6) is 2.42. The van der Waals surface area contributed by atoms with E-state index in [0.717, 1.165) is 0 Å². The molecule has 1 unspecified atom stereocenters. The van der Waals surface area contributed by atoms with Crippen LogP contribution in [0.15, 0.2) is 53.6 Å². The summed E-state index contributed by atoms with van der Waals surface area (Å²) in [6, 6.07) is 13.2. The molecular weight excluding hydrogens is 382 g/mol. The van der Waals surface area contributed by atoms with Crippen molar-refractivity contribution in [1.29, 1.82) is 0 Å². The molecule has 0 spiro atoms. The molecule has 0 radical (unpaired) electrons. The van der Waals surface area contributed by atoms with Crippen molar-refractivity contribution in [2.45, 2.75) is 19.9 Å². The van der Waals surface area contributed by atoms with Crippen molar-refractivity contribution in [3.63, 3.8) is 0 Å². The second-order valence-electron chi connectivity index (χ2n) is 6.67. The minimum Gasteiger partial charge on any atom is -0.493 e. The summed E-state index contributed by atoms with van der Waals surface area (Å²) in [5.41, 5.74) is 3.53. The molecule has 2 aromatic rings. The molecule has 7 nitrogen and oxygen atoms in total. The number of ether oxygens (including phenoxy) is 2. The lowest BCUT2D eigenvalue weighted by molar-refractivity contribution is -0.123. The number of methoxy groups -OCH3 is 1. The summed E-state index contributed by atoms with van der Waals surface area (Å²) in [6.07, 6.45) is 6.69. The van der Waals surface area contributed by atoms with Gasteiger partial charge < -0.3 is 14.8 Å². The van der Waals surface area contributed by atoms with E-state index in [4.69, 9.17) is 15.9 Å². The van der Waals surface area contributed by atoms with Gasteiger partial charge in [0.2, 0.25) is 0 Å². The summed E-state index contributed by atoms with van der Waals surface area (Å²) >= 11 is 0. The molecule has 0 bridgehead atoms. The Hall–Kier alpha value is -3.79. The zero-order chi connectivity index (χ0) is 21.9. The van der Waals surface area contributed by atoms with Crippen molar-refractivity contribution in [2.75, 3.05) is 13.7 Å². The lowest BCUT2D eigenvalue weighted by Gasteiger charge is -2.20. The van der Waals surface area contributed by atoms with Crippen LogP contribution in [-0.2, 0) is 4.79 Å². The standard InChI is InChI=1S/C23H25N3O4/c1-5-14-30-21-18(12-9-13-19(21)29-4)15-24-26-23(28)20(16(2)3)25-22(27)17-10-7-6-8-11-17/h1,6-13,15-16,20H,14H2,2-4H3,(H,25,27)(H,26,28). The first kappa shape index (κ1) is 22.5. The first-order valence-corrected chi connectivity index (χ1v) is 9.40. The highest BCUT2D eigenvalue weighted by Crippen LogP contribution is 2.29. The maximum Gasteiger partial charge on any atom is 0.262 e. The zero-order valence-electron chi connectivity index (χ0n) is 17.2. The highest BCUT2D eigenvalue weighted by atomic mass is 16.5. The van der Waals surface area contributed by atoms with Crippen LogP contribution in [0.1, 0.15) is 29.8 Å². The van der Waals surface area contributed by atoms with E-state index in [1.807, 2.05) is 19.9 Å². The van der Waals surface area contributed by atoms with Crippen LogP contribution in [0, 0.1) is 18.3 Å². The highest BCUT2D eigenvalue weighted by Gasteiger charge is 2.24. The molecule has 2 amide bonds. The van der Waals surface area contributed by atoms with Gasteiger partial charge in [-0.15, -0.1) is 6.42 Å². The number of terminal acetylenes is 1. The van der Waals surface area contributed by atoms with E-state index in [1.54, 1.807) is 42.5 Å². The molecule has 156 valence electrons. The predicted octanol–water partition coefficient (Wildman–Crippen LogP) is 2.61. The van der Waals surface area contributed by atoms with Crippen molar-refractivity contribution >= 4 is 18.0 Å². The number of nitrogens with one attached hydrogen (secondary N) is 2. The van der Waals surface area contributed by atoms with E-state index in [9.17, 15) is 9.59 Å². The summed E-state index contributed by atoms with van der Waals surface area (Å²) < 4.78 is 10.8. The summed E-state index contributed by atoms with van der Waals surface area (Å²) in [7, 11) is 1.52. The van der Waals surface area contributed by atoms with E-state index >= 15 is 0 Å². The van der Waals surface area contributed by atoms with Crippen molar-refractivity contribution in [2.24, 2.45) is 11.0 Å². The van der Waals surface area contributed by atoms with Crippen LogP contribution in [0.4, 0.5) is 0 Å². The molecule has 0 saturated carbocycles. The smallest absolute Gasteiger partial charge is 0.262 e. The van der Waals surface area contributed by atoms with Crippen LogP contribution in [0.3, 0.4) is 0 Å². The molecule has 0 saturated heterocycles. The topological polar surface area (TPSA) is 89.0 Å². The Kier molecular flexibility index (Phi) is 8.45. The maximum absolute atomic E-state index is 12.6. The summed E-state index contributed by atoms with van der Waals surface area (Å²) in [4.78, 5) is 25.0. The number of benzene rings is 2. The SMILES string of the molecule is C#CCOc1c(C=NNC(=O)C(NC(=O)c2ccccc2)C(C)C)cccc1OC. The molecule has 0 aliphatic heterocycles. The minimum atomic E-state index is -0.752. The molecule has 0 aromatic heterocycles. The van der Waals surface area contributed by atoms with Crippen molar-refractivity contribution < 1.29 is 19.1 Å². The maximum atomic E-state index is 12.6. The largest absolute Gasteiger partial charge is 0.493 e. The Labute approximate surface area is 176 Å². The molecule has 2 rings (SSSR count). The van der Waals surface area contributed by atoms with Crippen LogP contribution in [0.5, 0.6) is 11.5 Å². The monoisotopic (exact) mass is 407 g/mol. The number of hydrogen-bond acceptors (Lipinski definition) is 5. The second kappa shape index (κ2) is 11.3. The molecule has 2 aromatic carbocycles. The van der Waals surface area contributed by atoms with Crippen molar-refractivity contribution in [3.05, 3.63) is 59.7 Å². The van der Waals surface area contributed by atoms with Gasteiger partial charge in [0, 0.05) is 11.1 Å². The lowest BCUT2D eigenvalue weighted by Crippen LogP contribution is -2.48. The number of carbonyl (C=O) groups is 2. The third kappa shape index (κ3) is 6.11. The number of nitrogens with zero attached hydrogens (tertiary/aromatic N) is 1. The van der Waals surface area contributed by atoms with Crippen molar-refractivity contribution in [1.82, 2.24) is 10.7 Å². The van der Waals surface area contributed by atoms with E-state index < -0.39 is 11.9 Å². The molecule has 0 aliphatic carbocycles. The predicted molar refractivity (Wildman–Crippen MR) is 116 cm³/mol. The van der Waals surface area contributed by atoms with E-state index in [-0.39, 0.29) is 18.4 Å². The van der Waals surface area contributed by atoms with Gasteiger partial charge in [0.15, 0.2) is 11.5 Å². The molecule has 0 fully saturated rings. The summed E-state index contributed by atoms with van der Waals surface area (Å²) in [6.45, 7) is 3.74. The number of amides is 2. The normalized spacial score (nSPS) is 11.6. The minimum absolute atomic E-state index is 0.0640. The molecular formula is C23H25N3O4. The zero-order valence-corrected chi connectivity index (χ0v) is 17.2. The Bertz CT molecular complexity index is 933. The summed E-state index contributed by atoms with van der Waals surface area (Å²) in [5, 5.41) is 6.75. The fourth-order valence-electron chi connectivity index (χ4n) is 2.65. The van der Waals surface area contributed by atoms with Gasteiger partial charge >= 0.3 is 0 Å². The first-order valence-electron chi connectivity index (χ1n) is 9.40. The van der Waals surface area contributed by atoms with Crippen LogP contribution < -0.4 is 20.2 Å². The molecule has 1 atom stereocenters. The third-order valence-corrected chi connectivity index (χ3v) is 4.18. The number of hydrazone groups is 1. The third-order valence-electron chi connectivity index (χ3n) is 4.18. The molecule has 2 N–H and O–H groups in total. The number of hydrogen-bond donors (Lipinski definition) is 2. The van der Waals surface area contributed by atoms with Gasteiger partial charge in [-0.25, -0.2) is 5.43 Å². The Morgan fingerprint density at radius 3 is 2.53 bits per heavy atom. The molecule has 0 heterocycles. The van der Waals surface area contributed by atoms with Crippen LogP contribution in [0.2, 0.25) is 0 Å². The van der Waals surface area contributed by atoms with Gasteiger partial charge in [-0.1, -0.05) is 44.0 Å². The van der Waals surface area contributed by atoms with Gasteiger partial charge in [0.25, 0.3) is 11.8 Å². The lowest BCUT2D eigenvalue weighted by atomic mass is 10.0. The van der Waals surface area contributed by atoms with Crippen LogP contribution in [-0.4, -0.2) is 37.8 Å². The quantitative estimate of drug-likeness (QED) is 0.380. The fourth-order valence-corrected chi connectivity index (χ4v) is 2.65. The average Bonchev–Trinajstić information content (AvgIpc) is 2.76. The Balaban J connectivity index is 2.09. The fraction of sp³-hybridized carbons (Fsp3) is 0.261. The molecule has 30 heavy (non-hydrogen) atoms. The van der Waals surface area contributed by atoms with E-state index in [1.165, 1.54) is 13.3 Å². The van der Waals surface area contributed by atoms with Crippen LogP contribution in [0.25, 0.3) is 0 Å². The van der Waals surface area contributed by atoms with Gasteiger partial charge in [-0.05, 0) is 30.2 Å². The Morgan fingerprint density at radius 1 is 1.17 bits per heavy atom. The Morgan fingerprint density at radius 2 is 1.90 bits per heavy atom. The number of rotatable bonds is 9. The van der Waals surface area contributed by atoms with Gasteiger partial charge in [0.05, 0.1) is 13.3 Å². The second-order valence-corrected chi connectivity index (χ2v) is 6.67. The highest BCUT2D eigenvalue weighted by molar-refractivity contribution is 5.97. The van der Waals surface area contributed by atoms with Gasteiger partial charge in [-0.2, -0.15) is 5.10 Å². The first-order chi connectivity index (χ1) is 14.5. The van der Waals surface area contributed by atoms with Crippen LogP contribution >= 0.6 is 0 Å². The van der Waals surface area contributed by atoms with Crippen molar-refractivity contribution in [3.8, 4) is 23.8 Å². The molecule has 7 heteroatoms. The van der Waals surface area contributed by atoms with Gasteiger partial charge in [-0.3, -0.25) is 9.59 Å². The number of para-hydroxylation sites is 1. The van der Waals surface area contributed by atoms with E-state index in [0.29, 0.717) is 22.6 Å². The van der Waals surface area contributed by atoms with Gasteiger partial charge in [0.1, 0.15) is 12.6 Å². The van der Waals surface area contributed by atoms with E-state index in [2.05, 4.69) is 21.8 Å². The average molecular weight is 407 g/mol. The molecule has 0 aliphatic rings. The number of carbonyl (C=O) groups excluding carboxylic acids is 2.